The summed E-state index contributed by atoms with van der Waals surface area (Å²) in [6, 6.07) is 9.46. The fourth-order valence-electron chi connectivity index (χ4n) is 2.32. The second kappa shape index (κ2) is 9.02. The van der Waals surface area contributed by atoms with Gasteiger partial charge in [0.1, 0.15) is 5.75 Å². The van der Waals surface area contributed by atoms with Crippen molar-refractivity contribution in [2.75, 3.05) is 13.2 Å². The van der Waals surface area contributed by atoms with E-state index in [-0.39, 0.29) is 0 Å². The smallest absolute Gasteiger partial charge is 0.119 e. The molecule has 1 N–H and O–H groups in total. The molecule has 2 rings (SSSR count). The van der Waals surface area contributed by atoms with Gasteiger partial charge in [-0.2, -0.15) is 0 Å². The molecule has 0 atom stereocenters. The molecule has 1 fully saturated rings. The summed E-state index contributed by atoms with van der Waals surface area (Å²) < 4.78 is 5.79. The van der Waals surface area contributed by atoms with Gasteiger partial charge >= 0.3 is 0 Å². The summed E-state index contributed by atoms with van der Waals surface area (Å²) in [6.45, 7) is 4.26. The van der Waals surface area contributed by atoms with Crippen LogP contribution in [0.25, 0.3) is 0 Å². The number of ether oxygens (including phenoxy) is 1. The first-order chi connectivity index (χ1) is 9.88. The van der Waals surface area contributed by atoms with Gasteiger partial charge in [0.2, 0.25) is 0 Å². The largest absolute Gasteiger partial charge is 0.494 e. The average Bonchev–Trinajstić information content (AvgIpc) is 3.29. The van der Waals surface area contributed by atoms with E-state index in [2.05, 4.69) is 36.5 Å². The summed E-state index contributed by atoms with van der Waals surface area (Å²) in [7, 11) is 0. The number of unbranched alkanes of at least 4 members (excludes halogenated alkanes) is 3. The van der Waals surface area contributed by atoms with Crippen LogP contribution in [-0.4, -0.2) is 19.2 Å². The Morgan fingerprint density at radius 1 is 1.05 bits per heavy atom. The van der Waals surface area contributed by atoms with Gasteiger partial charge in [0.15, 0.2) is 0 Å². The van der Waals surface area contributed by atoms with E-state index in [0.717, 1.165) is 24.8 Å². The first kappa shape index (κ1) is 15.4. The van der Waals surface area contributed by atoms with Gasteiger partial charge < -0.3 is 10.1 Å². The third-order valence-corrected chi connectivity index (χ3v) is 3.84. The minimum Gasteiger partial charge on any atom is -0.494 e. The molecule has 2 heteroatoms. The van der Waals surface area contributed by atoms with E-state index in [4.69, 9.17) is 4.74 Å². The molecule has 0 bridgehead atoms. The van der Waals surface area contributed by atoms with E-state index in [1.165, 1.54) is 57.1 Å². The fourth-order valence-corrected chi connectivity index (χ4v) is 2.32. The zero-order chi connectivity index (χ0) is 14.0. The van der Waals surface area contributed by atoms with Crippen LogP contribution >= 0.6 is 0 Å². The Bertz CT molecular complexity index is 356. The molecular formula is C18H29NO. The van der Waals surface area contributed by atoms with Gasteiger partial charge in [0.05, 0.1) is 6.61 Å². The van der Waals surface area contributed by atoms with Crippen molar-refractivity contribution in [2.45, 2.75) is 64.3 Å². The van der Waals surface area contributed by atoms with Crippen LogP contribution in [0.4, 0.5) is 0 Å². The number of benzene rings is 1. The van der Waals surface area contributed by atoms with Gasteiger partial charge in [-0.25, -0.2) is 0 Å². The second-order valence-corrected chi connectivity index (χ2v) is 5.89. The molecule has 0 saturated heterocycles. The van der Waals surface area contributed by atoms with Crippen molar-refractivity contribution in [3.05, 3.63) is 29.8 Å². The molecule has 1 aromatic rings. The number of nitrogens with one attached hydrogen (secondary N) is 1. The van der Waals surface area contributed by atoms with E-state index in [9.17, 15) is 0 Å². The van der Waals surface area contributed by atoms with Crippen molar-refractivity contribution in [1.29, 1.82) is 0 Å². The molecule has 0 heterocycles. The normalized spacial score (nSPS) is 14.4. The molecule has 0 spiro atoms. The van der Waals surface area contributed by atoms with E-state index >= 15 is 0 Å². The molecule has 0 aromatic heterocycles. The lowest BCUT2D eigenvalue weighted by atomic mass is 10.1. The van der Waals surface area contributed by atoms with Crippen LogP contribution in [0.2, 0.25) is 0 Å². The van der Waals surface area contributed by atoms with Crippen LogP contribution in [0.15, 0.2) is 24.3 Å². The Hall–Kier alpha value is -1.02. The third-order valence-electron chi connectivity index (χ3n) is 3.84. The molecule has 0 radical (unpaired) electrons. The summed E-state index contributed by atoms with van der Waals surface area (Å²) in [4.78, 5) is 0. The summed E-state index contributed by atoms with van der Waals surface area (Å²) >= 11 is 0. The molecule has 2 nitrogen and oxygen atoms in total. The molecule has 1 aliphatic carbocycles. The first-order valence-electron chi connectivity index (χ1n) is 8.33. The molecule has 1 saturated carbocycles. The van der Waals surface area contributed by atoms with Gasteiger partial charge in [-0.3, -0.25) is 0 Å². The highest BCUT2D eigenvalue weighted by Gasteiger charge is 2.19. The SMILES string of the molecule is CCCCc1ccc(OCCCCCNC2CC2)cc1. The van der Waals surface area contributed by atoms with Gasteiger partial charge in [0, 0.05) is 6.04 Å². The molecule has 0 amide bonds. The second-order valence-electron chi connectivity index (χ2n) is 5.89. The average molecular weight is 275 g/mol. The predicted octanol–water partition coefficient (Wildman–Crippen LogP) is 4.33. The van der Waals surface area contributed by atoms with Gasteiger partial charge in [0.25, 0.3) is 0 Å². The quantitative estimate of drug-likeness (QED) is 0.607. The molecule has 0 aliphatic heterocycles. The lowest BCUT2D eigenvalue weighted by Crippen LogP contribution is -2.17. The number of rotatable bonds is 11. The van der Waals surface area contributed by atoms with Crippen LogP contribution in [0.3, 0.4) is 0 Å². The number of hydrogen-bond donors (Lipinski definition) is 1. The standard InChI is InChI=1S/C18H29NO/c1-2-3-7-16-8-12-18(13-9-16)20-15-6-4-5-14-19-17-10-11-17/h8-9,12-13,17,19H,2-7,10-11,14-15H2,1H3. The molecule has 1 aromatic carbocycles. The highest BCUT2D eigenvalue weighted by molar-refractivity contribution is 5.27. The van der Waals surface area contributed by atoms with Crippen molar-refractivity contribution in [1.82, 2.24) is 5.32 Å². The Morgan fingerprint density at radius 2 is 1.85 bits per heavy atom. The van der Waals surface area contributed by atoms with Crippen molar-refractivity contribution >= 4 is 0 Å². The maximum Gasteiger partial charge on any atom is 0.119 e. The summed E-state index contributed by atoms with van der Waals surface area (Å²) in [5.41, 5.74) is 1.42. The summed E-state index contributed by atoms with van der Waals surface area (Å²) in [6.07, 6.45) is 10.2. The van der Waals surface area contributed by atoms with Gasteiger partial charge in [-0.1, -0.05) is 25.5 Å². The highest BCUT2D eigenvalue weighted by Crippen LogP contribution is 2.18. The topological polar surface area (TPSA) is 21.3 Å². The van der Waals surface area contributed by atoms with Crippen LogP contribution in [0.5, 0.6) is 5.75 Å². The minimum atomic E-state index is 0.845. The summed E-state index contributed by atoms with van der Waals surface area (Å²) in [5.74, 6) is 1.02. The van der Waals surface area contributed by atoms with Crippen LogP contribution in [0.1, 0.15) is 57.4 Å². The zero-order valence-electron chi connectivity index (χ0n) is 12.9. The Morgan fingerprint density at radius 3 is 2.55 bits per heavy atom. The number of aryl methyl sites for hydroxylation is 1. The summed E-state index contributed by atoms with van der Waals surface area (Å²) in [5, 5.41) is 3.55. The maximum atomic E-state index is 5.79. The molecule has 112 valence electrons. The van der Waals surface area contributed by atoms with E-state index in [1.807, 2.05) is 0 Å². The Balaban J connectivity index is 1.49. The van der Waals surface area contributed by atoms with Crippen LogP contribution in [0, 0.1) is 0 Å². The molecular weight excluding hydrogens is 246 g/mol. The fraction of sp³-hybridized carbons (Fsp3) is 0.667. The zero-order valence-corrected chi connectivity index (χ0v) is 12.9. The molecule has 1 aliphatic rings. The lowest BCUT2D eigenvalue weighted by Gasteiger charge is -2.07. The minimum absolute atomic E-state index is 0.845. The lowest BCUT2D eigenvalue weighted by molar-refractivity contribution is 0.305. The first-order valence-corrected chi connectivity index (χ1v) is 8.33. The van der Waals surface area contributed by atoms with Crippen LogP contribution in [-0.2, 0) is 6.42 Å². The third kappa shape index (κ3) is 6.42. The van der Waals surface area contributed by atoms with Crippen molar-refractivity contribution in [3.63, 3.8) is 0 Å². The predicted molar refractivity (Wildman–Crippen MR) is 85.4 cm³/mol. The monoisotopic (exact) mass is 275 g/mol. The van der Waals surface area contributed by atoms with E-state index in [1.54, 1.807) is 0 Å². The van der Waals surface area contributed by atoms with E-state index in [0.29, 0.717) is 0 Å². The maximum absolute atomic E-state index is 5.79. The highest BCUT2D eigenvalue weighted by atomic mass is 16.5. The molecule has 0 unspecified atom stereocenters. The van der Waals surface area contributed by atoms with Gasteiger partial charge in [-0.05, 0) is 69.2 Å². The van der Waals surface area contributed by atoms with Crippen molar-refractivity contribution < 1.29 is 4.74 Å². The van der Waals surface area contributed by atoms with E-state index < -0.39 is 0 Å². The Labute approximate surface area is 123 Å². The number of hydrogen-bond acceptors (Lipinski definition) is 2. The van der Waals surface area contributed by atoms with Gasteiger partial charge in [-0.15, -0.1) is 0 Å². The van der Waals surface area contributed by atoms with Crippen molar-refractivity contribution in [2.24, 2.45) is 0 Å². The van der Waals surface area contributed by atoms with Crippen molar-refractivity contribution in [3.8, 4) is 5.75 Å². The molecule has 20 heavy (non-hydrogen) atoms. The van der Waals surface area contributed by atoms with Crippen LogP contribution < -0.4 is 10.1 Å². The Kier molecular flexibility index (Phi) is 6.93.